The highest BCUT2D eigenvalue weighted by molar-refractivity contribution is 8.02. The van der Waals surface area contributed by atoms with Crippen molar-refractivity contribution in [2.75, 3.05) is 0 Å². The van der Waals surface area contributed by atoms with E-state index < -0.39 is 17.4 Å². The summed E-state index contributed by atoms with van der Waals surface area (Å²) >= 11 is 6.84. The van der Waals surface area contributed by atoms with Crippen LogP contribution >= 0.6 is 23.4 Å². The van der Waals surface area contributed by atoms with Crippen LogP contribution < -0.4 is 0 Å². The minimum Gasteiger partial charge on any atom is -0.289 e. The van der Waals surface area contributed by atoms with Gasteiger partial charge in [-0.05, 0) is 41.8 Å². The fourth-order valence-electron chi connectivity index (χ4n) is 1.48. The van der Waals surface area contributed by atoms with Gasteiger partial charge < -0.3 is 0 Å². The van der Waals surface area contributed by atoms with E-state index in [0.29, 0.717) is 4.90 Å². The Labute approximate surface area is 124 Å². The van der Waals surface area contributed by atoms with E-state index in [1.54, 1.807) is 12.1 Å². The summed E-state index contributed by atoms with van der Waals surface area (Å²) in [5, 5.41) is 1.53. The summed E-state index contributed by atoms with van der Waals surface area (Å²) in [4.78, 5) is 12.4. The predicted octanol–water partition coefficient (Wildman–Crippen LogP) is 5.11. The van der Waals surface area contributed by atoms with Gasteiger partial charge in [-0.1, -0.05) is 35.5 Å². The van der Waals surface area contributed by atoms with Gasteiger partial charge in [-0.25, -0.2) is 8.78 Å². The van der Waals surface area contributed by atoms with Gasteiger partial charge in [-0.3, -0.25) is 4.79 Å². The van der Waals surface area contributed by atoms with Gasteiger partial charge in [-0.15, -0.1) is 0 Å². The van der Waals surface area contributed by atoms with Gasteiger partial charge in [-0.2, -0.15) is 0 Å². The Bertz CT molecular complexity index is 671. The second-order valence-electron chi connectivity index (χ2n) is 3.84. The maximum Gasteiger partial charge on any atom is 0.189 e. The molecule has 2 aromatic carbocycles. The molecule has 0 amide bonds. The number of halogens is 3. The van der Waals surface area contributed by atoms with Gasteiger partial charge in [0.25, 0.3) is 0 Å². The molecule has 0 heterocycles. The third-order valence-corrected chi connectivity index (χ3v) is 3.54. The van der Waals surface area contributed by atoms with Crippen LogP contribution in [0.15, 0.2) is 58.8 Å². The van der Waals surface area contributed by atoms with Gasteiger partial charge in [0.1, 0.15) is 11.6 Å². The molecular formula is C15H9ClF2OS. The Morgan fingerprint density at radius 1 is 1.10 bits per heavy atom. The van der Waals surface area contributed by atoms with Crippen LogP contribution in [0.3, 0.4) is 0 Å². The number of hydrogen-bond donors (Lipinski definition) is 0. The molecule has 0 spiro atoms. The van der Waals surface area contributed by atoms with E-state index in [2.05, 4.69) is 0 Å². The Morgan fingerprint density at radius 3 is 2.55 bits per heavy atom. The Balaban J connectivity index is 2.05. The van der Waals surface area contributed by atoms with E-state index in [-0.39, 0.29) is 10.6 Å². The van der Waals surface area contributed by atoms with Gasteiger partial charge in [0.15, 0.2) is 5.78 Å². The molecule has 0 saturated heterocycles. The van der Waals surface area contributed by atoms with Gasteiger partial charge in [0.2, 0.25) is 0 Å². The summed E-state index contributed by atoms with van der Waals surface area (Å²) in [5.74, 6) is -1.48. The molecular weight excluding hydrogens is 302 g/mol. The van der Waals surface area contributed by atoms with Crippen molar-refractivity contribution in [1.29, 1.82) is 0 Å². The van der Waals surface area contributed by atoms with Crippen molar-refractivity contribution in [3.8, 4) is 0 Å². The molecule has 0 radical (unpaired) electrons. The lowest BCUT2D eigenvalue weighted by atomic mass is 10.1. The van der Waals surface area contributed by atoms with Crippen molar-refractivity contribution in [3.05, 3.63) is 76.2 Å². The van der Waals surface area contributed by atoms with Crippen molar-refractivity contribution in [2.45, 2.75) is 4.90 Å². The normalized spacial score (nSPS) is 10.9. The highest BCUT2D eigenvalue weighted by atomic mass is 35.5. The molecule has 102 valence electrons. The van der Waals surface area contributed by atoms with Gasteiger partial charge in [0.05, 0.1) is 10.6 Å². The molecule has 0 N–H and O–H groups in total. The highest BCUT2D eigenvalue weighted by Crippen LogP contribution is 2.25. The average Bonchev–Trinajstić information content (AvgIpc) is 2.43. The smallest absolute Gasteiger partial charge is 0.189 e. The number of thioether (sulfide) groups is 1. The Hall–Kier alpha value is -1.65. The van der Waals surface area contributed by atoms with E-state index in [1.807, 2.05) is 0 Å². The minimum atomic E-state index is -0.558. The monoisotopic (exact) mass is 310 g/mol. The van der Waals surface area contributed by atoms with Gasteiger partial charge in [0, 0.05) is 4.90 Å². The molecule has 0 fully saturated rings. The highest BCUT2D eigenvalue weighted by Gasteiger charge is 2.07. The third-order valence-electron chi connectivity index (χ3n) is 2.45. The van der Waals surface area contributed by atoms with E-state index in [1.165, 1.54) is 53.6 Å². The molecule has 0 saturated carbocycles. The van der Waals surface area contributed by atoms with E-state index >= 15 is 0 Å². The van der Waals surface area contributed by atoms with Crippen LogP contribution in [-0.4, -0.2) is 5.78 Å². The maximum absolute atomic E-state index is 13.4. The molecule has 0 atom stereocenters. The van der Waals surface area contributed by atoms with Crippen molar-refractivity contribution >= 4 is 29.1 Å². The first-order valence-electron chi connectivity index (χ1n) is 5.65. The number of ketones is 1. The first-order valence-corrected chi connectivity index (χ1v) is 6.91. The largest absolute Gasteiger partial charge is 0.289 e. The zero-order valence-electron chi connectivity index (χ0n) is 10.1. The summed E-state index contributed by atoms with van der Waals surface area (Å²) in [5.41, 5.74) is 0.0153. The molecule has 0 bridgehead atoms. The van der Waals surface area contributed by atoms with Crippen molar-refractivity contribution < 1.29 is 13.6 Å². The first-order chi connectivity index (χ1) is 9.58. The predicted molar refractivity (Wildman–Crippen MR) is 77.1 cm³/mol. The number of rotatable bonds is 4. The molecule has 0 aliphatic carbocycles. The zero-order chi connectivity index (χ0) is 14.5. The molecule has 0 aliphatic rings. The first kappa shape index (κ1) is 14.8. The lowest BCUT2D eigenvalue weighted by Crippen LogP contribution is -1.97. The van der Waals surface area contributed by atoms with E-state index in [9.17, 15) is 13.6 Å². The standard InChI is InChI=1S/C15H9ClF2OS/c16-12-9-10(5-6-14(12)18)20-8-7-15(19)11-3-1-2-4-13(11)17/h1-9H/b8-7+. The molecule has 2 aromatic rings. The molecule has 0 aromatic heterocycles. The molecule has 20 heavy (non-hydrogen) atoms. The third kappa shape index (κ3) is 3.68. The number of allylic oxidation sites excluding steroid dienone is 1. The van der Waals surface area contributed by atoms with Crippen molar-refractivity contribution in [3.63, 3.8) is 0 Å². The Morgan fingerprint density at radius 2 is 1.85 bits per heavy atom. The van der Waals surface area contributed by atoms with Crippen molar-refractivity contribution in [1.82, 2.24) is 0 Å². The van der Waals surface area contributed by atoms with Crippen molar-refractivity contribution in [2.24, 2.45) is 0 Å². The molecule has 1 nitrogen and oxygen atoms in total. The van der Waals surface area contributed by atoms with Crippen LogP contribution in [0.1, 0.15) is 10.4 Å². The number of carbonyl (C=O) groups is 1. The second kappa shape index (κ2) is 6.68. The van der Waals surface area contributed by atoms with E-state index in [4.69, 9.17) is 11.6 Å². The summed E-state index contributed by atoms with van der Waals surface area (Å²) in [6.07, 6.45) is 1.26. The van der Waals surface area contributed by atoms with Crippen LogP contribution in [0.2, 0.25) is 5.02 Å². The SMILES string of the molecule is O=C(/C=C/Sc1ccc(F)c(Cl)c1)c1ccccc1F. The number of hydrogen-bond acceptors (Lipinski definition) is 2. The van der Waals surface area contributed by atoms with Crippen LogP contribution in [0.25, 0.3) is 0 Å². The lowest BCUT2D eigenvalue weighted by Gasteiger charge is -1.99. The summed E-state index contributed by atoms with van der Waals surface area (Å²) in [6, 6.07) is 10.0. The summed E-state index contributed by atoms with van der Waals surface area (Å²) in [7, 11) is 0. The maximum atomic E-state index is 13.4. The molecule has 5 heteroatoms. The minimum absolute atomic E-state index is 0.0153. The van der Waals surface area contributed by atoms with Gasteiger partial charge >= 0.3 is 0 Å². The average molecular weight is 311 g/mol. The number of carbonyl (C=O) groups excluding carboxylic acids is 1. The fourth-order valence-corrected chi connectivity index (χ4v) is 2.40. The quantitative estimate of drug-likeness (QED) is 0.443. The summed E-state index contributed by atoms with van der Waals surface area (Å²) < 4.78 is 26.3. The van der Waals surface area contributed by atoms with Crippen LogP contribution in [0.4, 0.5) is 8.78 Å². The van der Waals surface area contributed by atoms with E-state index in [0.717, 1.165) is 0 Å². The second-order valence-corrected chi connectivity index (χ2v) is 5.23. The molecule has 0 aliphatic heterocycles. The van der Waals surface area contributed by atoms with Crippen LogP contribution in [0, 0.1) is 11.6 Å². The molecule has 2 rings (SSSR count). The molecule has 0 unspecified atom stereocenters. The fraction of sp³-hybridized carbons (Fsp3) is 0. The van der Waals surface area contributed by atoms with Crippen LogP contribution in [-0.2, 0) is 0 Å². The Kier molecular flexibility index (Phi) is 4.93. The topological polar surface area (TPSA) is 17.1 Å². The zero-order valence-corrected chi connectivity index (χ0v) is 11.7. The van der Waals surface area contributed by atoms with Crippen LogP contribution in [0.5, 0.6) is 0 Å². The number of benzene rings is 2. The lowest BCUT2D eigenvalue weighted by molar-refractivity contribution is 0.104. The summed E-state index contributed by atoms with van der Waals surface area (Å²) in [6.45, 7) is 0.